The largest absolute Gasteiger partial charge is 0.350 e. The van der Waals surface area contributed by atoms with Crippen molar-refractivity contribution >= 4 is 0 Å². The molecule has 3 rings (SSSR count). The number of hydrogen-bond donors (Lipinski definition) is 0. The fourth-order valence-corrected chi connectivity index (χ4v) is 2.13. The van der Waals surface area contributed by atoms with Gasteiger partial charge in [0, 0.05) is 24.3 Å². The average Bonchev–Trinajstić information content (AvgIpc) is 2.55. The van der Waals surface area contributed by atoms with Crippen molar-refractivity contribution in [1.29, 1.82) is 0 Å². The summed E-state index contributed by atoms with van der Waals surface area (Å²) in [4.78, 5) is 0. The molecule has 0 radical (unpaired) electrons. The molecule has 0 atom stereocenters. The Hall–Kier alpha value is -1.70. The molecule has 0 aliphatic carbocycles. The number of aromatic nitrogens is 2. The molecule has 68 valence electrons. The minimum absolute atomic E-state index is 0.391. The summed E-state index contributed by atoms with van der Waals surface area (Å²) in [7, 11) is 0. The molecular formula is C12H12N2+2. The normalized spacial score (nSPS) is 13.8. The van der Waals surface area contributed by atoms with Gasteiger partial charge in [0.1, 0.15) is 0 Å². The zero-order valence-electron chi connectivity index (χ0n) is 8.09. The molecule has 0 amide bonds. The van der Waals surface area contributed by atoms with Gasteiger partial charge >= 0.3 is 6.17 Å². The molecule has 0 saturated carbocycles. The van der Waals surface area contributed by atoms with E-state index >= 15 is 0 Å². The smallest absolute Gasteiger partial charge is 0.131 e. The summed E-state index contributed by atoms with van der Waals surface area (Å²) in [5.74, 6) is 0. The van der Waals surface area contributed by atoms with Gasteiger partial charge in [-0.05, 0) is 12.1 Å². The maximum atomic E-state index is 2.29. The molecule has 1 aliphatic rings. The standard InChI is InChI=1S/C12H12N2/c1-10-13-8-4-2-6-11(13)12-7-3-5-9-14(10)12/h2-10H,1H3/q+2. The SMILES string of the molecule is CC1[n+]2ccccc2-c2cccc[n+]21. The van der Waals surface area contributed by atoms with Gasteiger partial charge in [-0.1, -0.05) is 0 Å². The van der Waals surface area contributed by atoms with Crippen LogP contribution in [0.5, 0.6) is 0 Å². The Morgan fingerprint density at radius 3 is 1.86 bits per heavy atom. The molecule has 1 aliphatic heterocycles. The van der Waals surface area contributed by atoms with Gasteiger partial charge in [0.15, 0.2) is 12.4 Å². The van der Waals surface area contributed by atoms with Crippen LogP contribution in [0, 0.1) is 0 Å². The molecule has 0 saturated heterocycles. The summed E-state index contributed by atoms with van der Waals surface area (Å²) in [5.41, 5.74) is 2.58. The third-order valence-electron chi connectivity index (χ3n) is 2.85. The zero-order chi connectivity index (χ0) is 9.54. The minimum atomic E-state index is 0.391. The molecule has 0 N–H and O–H groups in total. The minimum Gasteiger partial charge on any atom is -0.131 e. The van der Waals surface area contributed by atoms with E-state index in [0.29, 0.717) is 6.17 Å². The average molecular weight is 184 g/mol. The Morgan fingerprint density at radius 1 is 0.857 bits per heavy atom. The molecule has 0 bridgehead atoms. The zero-order valence-corrected chi connectivity index (χ0v) is 8.09. The van der Waals surface area contributed by atoms with Gasteiger partial charge in [0.2, 0.25) is 0 Å². The summed E-state index contributed by atoms with van der Waals surface area (Å²) >= 11 is 0. The molecular weight excluding hydrogens is 172 g/mol. The van der Waals surface area contributed by atoms with Crippen LogP contribution in [0.25, 0.3) is 11.4 Å². The second-order valence-corrected chi connectivity index (χ2v) is 3.62. The number of pyridine rings is 2. The van der Waals surface area contributed by atoms with Crippen LogP contribution in [-0.4, -0.2) is 0 Å². The number of fused-ring (bicyclic) bond motifs is 3. The van der Waals surface area contributed by atoms with Crippen LogP contribution >= 0.6 is 0 Å². The third kappa shape index (κ3) is 0.854. The molecule has 2 heteroatoms. The van der Waals surface area contributed by atoms with E-state index in [1.807, 2.05) is 0 Å². The summed E-state index contributed by atoms with van der Waals surface area (Å²) in [6.07, 6.45) is 4.66. The summed E-state index contributed by atoms with van der Waals surface area (Å²) in [6.45, 7) is 2.21. The van der Waals surface area contributed by atoms with E-state index in [2.05, 4.69) is 64.8 Å². The highest BCUT2D eigenvalue weighted by atomic mass is 15.3. The van der Waals surface area contributed by atoms with Gasteiger partial charge in [-0.2, -0.15) is 0 Å². The second-order valence-electron chi connectivity index (χ2n) is 3.62. The first-order valence-electron chi connectivity index (χ1n) is 4.88. The van der Waals surface area contributed by atoms with E-state index in [1.165, 1.54) is 11.4 Å². The topological polar surface area (TPSA) is 7.76 Å². The van der Waals surface area contributed by atoms with E-state index < -0.39 is 0 Å². The van der Waals surface area contributed by atoms with E-state index in [-0.39, 0.29) is 0 Å². The number of nitrogens with zero attached hydrogens (tertiary/aromatic N) is 2. The first kappa shape index (κ1) is 7.68. The van der Waals surface area contributed by atoms with E-state index in [1.54, 1.807) is 0 Å². The fourth-order valence-electron chi connectivity index (χ4n) is 2.13. The fraction of sp³-hybridized carbons (Fsp3) is 0.167. The van der Waals surface area contributed by atoms with Crippen LogP contribution in [0.3, 0.4) is 0 Å². The Labute approximate surface area is 83.1 Å². The monoisotopic (exact) mass is 184 g/mol. The highest BCUT2D eigenvalue weighted by Crippen LogP contribution is 2.17. The van der Waals surface area contributed by atoms with Crippen molar-refractivity contribution in [3.05, 3.63) is 48.8 Å². The van der Waals surface area contributed by atoms with Gasteiger partial charge in [0.25, 0.3) is 11.4 Å². The Balaban J connectivity index is 2.36. The molecule has 3 heterocycles. The lowest BCUT2D eigenvalue weighted by molar-refractivity contribution is -0.906. The lowest BCUT2D eigenvalue weighted by Gasteiger charge is -1.93. The highest BCUT2D eigenvalue weighted by molar-refractivity contribution is 5.46. The van der Waals surface area contributed by atoms with Gasteiger partial charge in [-0.3, -0.25) is 0 Å². The van der Waals surface area contributed by atoms with E-state index in [9.17, 15) is 0 Å². The lowest BCUT2D eigenvalue weighted by atomic mass is 10.2. The van der Waals surface area contributed by atoms with Crippen molar-refractivity contribution in [3.63, 3.8) is 0 Å². The molecule has 14 heavy (non-hydrogen) atoms. The van der Waals surface area contributed by atoms with Crippen molar-refractivity contribution in [1.82, 2.24) is 0 Å². The first-order chi connectivity index (χ1) is 6.88. The molecule has 2 aromatic rings. The van der Waals surface area contributed by atoms with Gasteiger partial charge in [-0.15, -0.1) is 9.13 Å². The Bertz CT molecular complexity index is 446. The van der Waals surface area contributed by atoms with E-state index in [0.717, 1.165) is 0 Å². The quantitative estimate of drug-likeness (QED) is 0.545. The predicted molar refractivity (Wildman–Crippen MR) is 52.4 cm³/mol. The number of hydrogen-bond acceptors (Lipinski definition) is 0. The van der Waals surface area contributed by atoms with Crippen LogP contribution in [0.1, 0.15) is 13.1 Å². The van der Waals surface area contributed by atoms with Crippen molar-refractivity contribution in [3.8, 4) is 11.4 Å². The second kappa shape index (κ2) is 2.64. The Kier molecular flexibility index (Phi) is 1.45. The van der Waals surface area contributed by atoms with Gasteiger partial charge in [-0.25, -0.2) is 0 Å². The number of rotatable bonds is 0. The van der Waals surface area contributed by atoms with Gasteiger partial charge in [0.05, 0.1) is 6.92 Å². The van der Waals surface area contributed by atoms with Crippen molar-refractivity contribution < 1.29 is 9.13 Å². The maximum Gasteiger partial charge on any atom is 0.350 e. The van der Waals surface area contributed by atoms with Crippen LogP contribution in [0.2, 0.25) is 0 Å². The third-order valence-corrected chi connectivity index (χ3v) is 2.85. The molecule has 0 unspecified atom stereocenters. The van der Waals surface area contributed by atoms with Crippen molar-refractivity contribution in [2.24, 2.45) is 0 Å². The summed E-state index contributed by atoms with van der Waals surface area (Å²) in [5, 5.41) is 0. The van der Waals surface area contributed by atoms with Crippen LogP contribution < -0.4 is 9.13 Å². The van der Waals surface area contributed by atoms with Gasteiger partial charge < -0.3 is 0 Å². The molecule has 0 fully saturated rings. The molecule has 0 aromatic carbocycles. The summed E-state index contributed by atoms with van der Waals surface area (Å²) in [6, 6.07) is 12.6. The van der Waals surface area contributed by atoms with Crippen molar-refractivity contribution in [2.75, 3.05) is 0 Å². The molecule has 2 nitrogen and oxygen atoms in total. The first-order valence-corrected chi connectivity index (χ1v) is 4.88. The van der Waals surface area contributed by atoms with Crippen molar-refractivity contribution in [2.45, 2.75) is 13.1 Å². The van der Waals surface area contributed by atoms with Crippen LogP contribution in [-0.2, 0) is 0 Å². The van der Waals surface area contributed by atoms with Crippen LogP contribution in [0.4, 0.5) is 0 Å². The Morgan fingerprint density at radius 2 is 1.36 bits per heavy atom. The lowest BCUT2D eigenvalue weighted by Crippen LogP contribution is -2.49. The maximum absolute atomic E-state index is 2.29. The molecule has 0 spiro atoms. The highest BCUT2D eigenvalue weighted by Gasteiger charge is 2.39. The summed E-state index contributed by atoms with van der Waals surface area (Å²) < 4.78 is 4.57. The molecule has 2 aromatic heterocycles. The van der Waals surface area contributed by atoms with Crippen LogP contribution in [0.15, 0.2) is 48.8 Å². The predicted octanol–water partition coefficient (Wildman–Crippen LogP) is 1.31. The van der Waals surface area contributed by atoms with E-state index in [4.69, 9.17) is 0 Å².